The number of hydrogen-bond donors (Lipinski definition) is 0. The van der Waals surface area contributed by atoms with Crippen LogP contribution in [0.3, 0.4) is 0 Å². The van der Waals surface area contributed by atoms with Gasteiger partial charge in [-0.25, -0.2) is 9.97 Å². The van der Waals surface area contributed by atoms with E-state index >= 15 is 0 Å². The van der Waals surface area contributed by atoms with E-state index in [0.717, 1.165) is 10.6 Å². The van der Waals surface area contributed by atoms with Crippen LogP contribution in [-0.2, 0) is 5.41 Å². The number of methoxy groups -OCH3 is 1. The summed E-state index contributed by atoms with van der Waals surface area (Å²) in [6, 6.07) is 0. The van der Waals surface area contributed by atoms with Gasteiger partial charge >= 0.3 is 0 Å². The highest BCUT2D eigenvalue weighted by atomic mass is 32.2. The molecule has 0 saturated carbocycles. The second kappa shape index (κ2) is 4.17. The zero-order chi connectivity index (χ0) is 10.8. The van der Waals surface area contributed by atoms with Gasteiger partial charge in [0.05, 0.1) is 17.7 Å². The first-order chi connectivity index (χ1) is 6.50. The lowest BCUT2D eigenvalue weighted by Gasteiger charge is -2.21. The smallest absolute Gasteiger partial charge is 0.230 e. The third kappa shape index (κ3) is 2.18. The summed E-state index contributed by atoms with van der Waals surface area (Å²) in [5.74, 6) is 0.664. The zero-order valence-corrected chi connectivity index (χ0v) is 10.1. The molecule has 0 bridgehead atoms. The van der Waals surface area contributed by atoms with E-state index in [-0.39, 0.29) is 5.41 Å². The number of rotatable bonds is 2. The highest BCUT2D eigenvalue weighted by Crippen LogP contribution is 2.34. The molecule has 0 aliphatic carbocycles. The van der Waals surface area contributed by atoms with Gasteiger partial charge < -0.3 is 4.74 Å². The highest BCUT2D eigenvalue weighted by molar-refractivity contribution is 7.98. The van der Waals surface area contributed by atoms with E-state index < -0.39 is 0 Å². The van der Waals surface area contributed by atoms with Gasteiger partial charge in [-0.05, 0) is 6.26 Å². The van der Waals surface area contributed by atoms with Crippen molar-refractivity contribution in [1.82, 2.24) is 9.97 Å². The summed E-state index contributed by atoms with van der Waals surface area (Å²) in [5.41, 5.74) is 1.06. The van der Waals surface area contributed by atoms with Gasteiger partial charge in [0.2, 0.25) is 5.88 Å². The standard InChI is InChI=1S/C10H16N2OS/c1-10(2,3)8-7(14-5)9(13-4)12-6-11-8/h6H,1-5H3. The van der Waals surface area contributed by atoms with Crippen LogP contribution in [-0.4, -0.2) is 23.3 Å². The summed E-state index contributed by atoms with van der Waals surface area (Å²) >= 11 is 1.62. The first-order valence-corrected chi connectivity index (χ1v) is 5.66. The van der Waals surface area contributed by atoms with Crippen LogP contribution in [0.25, 0.3) is 0 Å². The molecule has 0 radical (unpaired) electrons. The maximum absolute atomic E-state index is 5.20. The van der Waals surface area contributed by atoms with Gasteiger partial charge in [-0.3, -0.25) is 0 Å². The topological polar surface area (TPSA) is 35.0 Å². The lowest BCUT2D eigenvalue weighted by molar-refractivity contribution is 0.379. The molecule has 0 unspecified atom stereocenters. The van der Waals surface area contributed by atoms with Crippen LogP contribution in [0.2, 0.25) is 0 Å². The minimum absolute atomic E-state index is 0.0224. The molecule has 0 aliphatic rings. The van der Waals surface area contributed by atoms with Crippen LogP contribution >= 0.6 is 11.8 Å². The number of nitrogens with zero attached hydrogens (tertiary/aromatic N) is 2. The Morgan fingerprint density at radius 3 is 2.36 bits per heavy atom. The Bertz CT molecular complexity index is 320. The first kappa shape index (κ1) is 11.3. The molecule has 3 nitrogen and oxygen atoms in total. The van der Waals surface area contributed by atoms with Gasteiger partial charge in [-0.2, -0.15) is 0 Å². The van der Waals surface area contributed by atoms with E-state index in [1.54, 1.807) is 25.2 Å². The fourth-order valence-corrected chi connectivity index (χ4v) is 2.08. The number of hydrogen-bond acceptors (Lipinski definition) is 4. The van der Waals surface area contributed by atoms with E-state index in [2.05, 4.69) is 30.7 Å². The van der Waals surface area contributed by atoms with E-state index in [9.17, 15) is 0 Å². The van der Waals surface area contributed by atoms with Crippen molar-refractivity contribution in [2.45, 2.75) is 31.1 Å². The Hall–Kier alpha value is -0.770. The van der Waals surface area contributed by atoms with Crippen LogP contribution in [0.1, 0.15) is 26.5 Å². The normalized spacial score (nSPS) is 11.5. The van der Waals surface area contributed by atoms with Crippen LogP contribution in [0, 0.1) is 0 Å². The van der Waals surface area contributed by atoms with Crippen LogP contribution in [0.15, 0.2) is 11.2 Å². The molecule has 0 fully saturated rings. The lowest BCUT2D eigenvalue weighted by Crippen LogP contribution is -2.15. The average Bonchev–Trinajstić information content (AvgIpc) is 2.15. The van der Waals surface area contributed by atoms with Gasteiger partial charge in [0.25, 0.3) is 0 Å². The summed E-state index contributed by atoms with van der Waals surface area (Å²) in [6.07, 6.45) is 3.57. The largest absolute Gasteiger partial charge is 0.480 e. The summed E-state index contributed by atoms with van der Waals surface area (Å²) < 4.78 is 5.20. The maximum atomic E-state index is 5.20. The van der Waals surface area contributed by atoms with Crippen molar-refractivity contribution < 1.29 is 4.74 Å². The molecule has 1 heterocycles. The second-order valence-corrected chi connectivity index (χ2v) is 4.83. The summed E-state index contributed by atoms with van der Waals surface area (Å²) in [6.45, 7) is 6.40. The summed E-state index contributed by atoms with van der Waals surface area (Å²) in [4.78, 5) is 9.44. The van der Waals surface area contributed by atoms with Crippen LogP contribution in [0.5, 0.6) is 5.88 Å². The first-order valence-electron chi connectivity index (χ1n) is 4.44. The van der Waals surface area contributed by atoms with Gasteiger partial charge in [0.15, 0.2) is 0 Å². The fraction of sp³-hybridized carbons (Fsp3) is 0.600. The van der Waals surface area contributed by atoms with Gasteiger partial charge in [-0.15, -0.1) is 11.8 Å². The lowest BCUT2D eigenvalue weighted by atomic mass is 9.92. The van der Waals surface area contributed by atoms with Crippen molar-refractivity contribution in [2.24, 2.45) is 0 Å². The molecule has 0 atom stereocenters. The highest BCUT2D eigenvalue weighted by Gasteiger charge is 2.22. The fourth-order valence-electron chi connectivity index (χ4n) is 1.22. The molecule has 0 amide bonds. The van der Waals surface area contributed by atoms with Crippen molar-refractivity contribution in [1.29, 1.82) is 0 Å². The molecule has 0 aliphatic heterocycles. The predicted octanol–water partition coefficient (Wildman–Crippen LogP) is 2.50. The molecule has 1 aromatic heterocycles. The van der Waals surface area contributed by atoms with Gasteiger partial charge in [0, 0.05) is 5.41 Å². The van der Waals surface area contributed by atoms with E-state index in [4.69, 9.17) is 4.74 Å². The second-order valence-electron chi connectivity index (χ2n) is 4.01. The van der Waals surface area contributed by atoms with Gasteiger partial charge in [0.1, 0.15) is 6.33 Å². The van der Waals surface area contributed by atoms with Crippen LogP contribution < -0.4 is 4.74 Å². The number of aromatic nitrogens is 2. The third-order valence-corrected chi connectivity index (χ3v) is 2.66. The Kier molecular flexibility index (Phi) is 3.37. The average molecular weight is 212 g/mol. The molecular formula is C10H16N2OS. The molecule has 78 valence electrons. The third-order valence-electron chi connectivity index (χ3n) is 1.88. The van der Waals surface area contributed by atoms with Crippen LogP contribution in [0.4, 0.5) is 0 Å². The van der Waals surface area contributed by atoms with E-state index in [1.165, 1.54) is 0 Å². The van der Waals surface area contributed by atoms with Gasteiger partial charge in [-0.1, -0.05) is 20.8 Å². The maximum Gasteiger partial charge on any atom is 0.230 e. The minimum atomic E-state index is 0.0224. The van der Waals surface area contributed by atoms with Crippen molar-refractivity contribution in [3.05, 3.63) is 12.0 Å². The molecule has 0 aromatic carbocycles. The molecule has 0 N–H and O–H groups in total. The Balaban J connectivity index is 3.29. The Morgan fingerprint density at radius 2 is 1.93 bits per heavy atom. The van der Waals surface area contributed by atoms with Crippen molar-refractivity contribution >= 4 is 11.8 Å². The van der Waals surface area contributed by atoms with Crippen molar-refractivity contribution in [3.63, 3.8) is 0 Å². The molecule has 1 aromatic rings. The predicted molar refractivity (Wildman–Crippen MR) is 59.1 cm³/mol. The molecule has 4 heteroatoms. The molecular weight excluding hydrogens is 196 g/mol. The monoisotopic (exact) mass is 212 g/mol. The molecule has 0 saturated heterocycles. The summed E-state index contributed by atoms with van der Waals surface area (Å²) in [5, 5.41) is 0. The quantitative estimate of drug-likeness (QED) is 0.706. The number of thioether (sulfide) groups is 1. The Morgan fingerprint density at radius 1 is 1.29 bits per heavy atom. The SMILES string of the molecule is COc1ncnc(C(C)(C)C)c1SC. The molecule has 1 rings (SSSR count). The zero-order valence-electron chi connectivity index (χ0n) is 9.29. The van der Waals surface area contributed by atoms with Crippen molar-refractivity contribution in [2.75, 3.05) is 13.4 Å². The Labute approximate surface area is 89.3 Å². The number of ether oxygens (including phenoxy) is 1. The van der Waals surface area contributed by atoms with E-state index in [0.29, 0.717) is 5.88 Å². The molecule has 0 spiro atoms. The minimum Gasteiger partial charge on any atom is -0.480 e. The van der Waals surface area contributed by atoms with Crippen molar-refractivity contribution in [3.8, 4) is 5.88 Å². The molecule has 14 heavy (non-hydrogen) atoms. The summed E-state index contributed by atoms with van der Waals surface area (Å²) in [7, 11) is 1.63. The van der Waals surface area contributed by atoms with E-state index in [1.807, 2.05) is 6.26 Å².